The molecule has 196 valence electrons. The number of urea groups is 1. The number of carbonyl (C=O) groups is 1. The Labute approximate surface area is 221 Å². The molecule has 0 aliphatic heterocycles. The second-order valence-corrected chi connectivity index (χ2v) is 10.1. The molecule has 0 bridgehead atoms. The highest BCUT2D eigenvalue weighted by Gasteiger charge is 2.28. The van der Waals surface area contributed by atoms with Gasteiger partial charge in [0.05, 0.1) is 17.1 Å². The second-order valence-electron chi connectivity index (χ2n) is 10.1. The summed E-state index contributed by atoms with van der Waals surface area (Å²) in [6.45, 7) is 4.45. The smallest absolute Gasteiger partial charge is 0.323 e. The standard InChI is InChI=1S/C29H32FN7O/c1-18(2)27(19-9-3-4-10-19)31-25-16-15-20(21-11-5-6-12-22(21)28-34-36-37-35-28)17-26(25)33-29(38)32-24-14-8-7-13-23(24)30/h5-8,11-19,27,31H,3-4,9-10H2,1-2H3,(H2,32,33,38)(H,34,35,36,37). The normalized spacial score (nSPS) is 14.4. The van der Waals surface area contributed by atoms with Gasteiger partial charge in [-0.05, 0) is 70.5 Å². The SMILES string of the molecule is CC(C)C(Nc1ccc(-c2ccccc2-c2nnn[nH]2)cc1NC(=O)Nc1ccccc1F)C1CCCC1. The molecule has 4 N–H and O–H groups in total. The molecule has 0 spiro atoms. The summed E-state index contributed by atoms with van der Waals surface area (Å²) >= 11 is 0. The average molecular weight is 514 g/mol. The van der Waals surface area contributed by atoms with E-state index in [9.17, 15) is 9.18 Å². The number of aromatic amines is 1. The summed E-state index contributed by atoms with van der Waals surface area (Å²) < 4.78 is 14.2. The lowest BCUT2D eigenvalue weighted by atomic mass is 9.88. The van der Waals surface area contributed by atoms with Crippen molar-refractivity contribution in [3.05, 3.63) is 72.5 Å². The molecule has 3 aromatic carbocycles. The van der Waals surface area contributed by atoms with E-state index in [0.29, 0.717) is 23.3 Å². The van der Waals surface area contributed by atoms with E-state index in [1.54, 1.807) is 12.1 Å². The van der Waals surface area contributed by atoms with E-state index >= 15 is 0 Å². The van der Waals surface area contributed by atoms with Crippen LogP contribution in [0.1, 0.15) is 39.5 Å². The fraction of sp³-hybridized carbons (Fsp3) is 0.310. The summed E-state index contributed by atoms with van der Waals surface area (Å²) in [7, 11) is 0. The minimum absolute atomic E-state index is 0.116. The Balaban J connectivity index is 1.50. The number of nitrogens with zero attached hydrogens (tertiary/aromatic N) is 3. The predicted octanol–water partition coefficient (Wildman–Crippen LogP) is 6.94. The van der Waals surface area contributed by atoms with Crippen LogP contribution in [0.4, 0.5) is 26.2 Å². The van der Waals surface area contributed by atoms with Gasteiger partial charge in [-0.3, -0.25) is 0 Å². The van der Waals surface area contributed by atoms with Gasteiger partial charge in [0.25, 0.3) is 0 Å². The molecule has 1 saturated carbocycles. The molecular weight excluding hydrogens is 481 g/mol. The van der Waals surface area contributed by atoms with Gasteiger partial charge in [0.15, 0.2) is 5.82 Å². The van der Waals surface area contributed by atoms with Crippen LogP contribution in [0.5, 0.6) is 0 Å². The molecule has 8 nitrogen and oxygen atoms in total. The van der Waals surface area contributed by atoms with Gasteiger partial charge in [-0.1, -0.05) is 69.2 Å². The van der Waals surface area contributed by atoms with Crippen molar-refractivity contribution in [1.82, 2.24) is 20.6 Å². The Kier molecular flexibility index (Phi) is 7.62. The van der Waals surface area contributed by atoms with E-state index in [4.69, 9.17) is 0 Å². The molecule has 1 fully saturated rings. The minimum Gasteiger partial charge on any atom is -0.380 e. The predicted molar refractivity (Wildman–Crippen MR) is 148 cm³/mol. The molecular formula is C29H32FN7O. The van der Waals surface area contributed by atoms with Gasteiger partial charge >= 0.3 is 6.03 Å². The van der Waals surface area contributed by atoms with Gasteiger partial charge in [-0.2, -0.15) is 0 Å². The first-order chi connectivity index (χ1) is 18.5. The number of amides is 2. The number of anilines is 3. The van der Waals surface area contributed by atoms with E-state index in [2.05, 4.69) is 50.4 Å². The third-order valence-electron chi connectivity index (χ3n) is 7.18. The van der Waals surface area contributed by atoms with Gasteiger partial charge < -0.3 is 16.0 Å². The summed E-state index contributed by atoms with van der Waals surface area (Å²) in [5, 5.41) is 23.6. The third-order valence-corrected chi connectivity index (χ3v) is 7.18. The lowest BCUT2D eigenvalue weighted by Gasteiger charge is -2.30. The molecule has 1 unspecified atom stereocenters. The Morgan fingerprint density at radius 1 is 0.921 bits per heavy atom. The molecule has 0 radical (unpaired) electrons. The van der Waals surface area contributed by atoms with Gasteiger partial charge in [0.1, 0.15) is 5.82 Å². The monoisotopic (exact) mass is 513 g/mol. The van der Waals surface area contributed by atoms with E-state index in [-0.39, 0.29) is 11.7 Å². The number of rotatable bonds is 8. The Bertz CT molecular complexity index is 1380. The van der Waals surface area contributed by atoms with Crippen LogP contribution in [0.3, 0.4) is 0 Å². The van der Waals surface area contributed by atoms with Gasteiger partial charge in [-0.25, -0.2) is 14.3 Å². The number of hydrogen-bond donors (Lipinski definition) is 4. The molecule has 1 aliphatic carbocycles. The number of tetrazole rings is 1. The molecule has 2 amide bonds. The number of H-pyrrole nitrogens is 1. The zero-order valence-electron chi connectivity index (χ0n) is 21.5. The van der Waals surface area contributed by atoms with Crippen molar-refractivity contribution in [3.8, 4) is 22.5 Å². The number of carbonyl (C=O) groups excluding carboxylic acids is 1. The van der Waals surface area contributed by atoms with Crippen molar-refractivity contribution >= 4 is 23.1 Å². The van der Waals surface area contributed by atoms with E-state index in [1.807, 2.05) is 42.5 Å². The maximum Gasteiger partial charge on any atom is 0.323 e. The van der Waals surface area contributed by atoms with Crippen LogP contribution >= 0.6 is 0 Å². The average Bonchev–Trinajstić information content (AvgIpc) is 3.64. The lowest BCUT2D eigenvalue weighted by molar-refractivity contribution is 0.262. The van der Waals surface area contributed by atoms with Crippen LogP contribution < -0.4 is 16.0 Å². The Hall–Kier alpha value is -4.27. The molecule has 1 aromatic heterocycles. The van der Waals surface area contributed by atoms with Gasteiger partial charge in [0, 0.05) is 11.6 Å². The topological polar surface area (TPSA) is 108 Å². The van der Waals surface area contributed by atoms with Crippen molar-refractivity contribution < 1.29 is 9.18 Å². The zero-order valence-corrected chi connectivity index (χ0v) is 21.5. The zero-order chi connectivity index (χ0) is 26.5. The van der Waals surface area contributed by atoms with Crippen molar-refractivity contribution in [2.45, 2.75) is 45.6 Å². The summed E-state index contributed by atoms with van der Waals surface area (Å²) in [6, 6.07) is 19.6. The highest BCUT2D eigenvalue weighted by atomic mass is 19.1. The summed E-state index contributed by atoms with van der Waals surface area (Å²) in [6.07, 6.45) is 4.89. The largest absolute Gasteiger partial charge is 0.380 e. The lowest BCUT2D eigenvalue weighted by Crippen LogP contribution is -2.33. The maximum atomic E-state index is 14.2. The number of halogens is 1. The summed E-state index contributed by atoms with van der Waals surface area (Å²) in [5.74, 6) is 1.05. The number of benzene rings is 3. The molecule has 1 heterocycles. The highest BCUT2D eigenvalue weighted by Crippen LogP contribution is 2.37. The molecule has 9 heteroatoms. The molecule has 5 rings (SSSR count). The third kappa shape index (κ3) is 5.66. The fourth-order valence-corrected chi connectivity index (χ4v) is 5.32. The van der Waals surface area contributed by atoms with Crippen molar-refractivity contribution in [3.63, 3.8) is 0 Å². The van der Waals surface area contributed by atoms with E-state index < -0.39 is 11.8 Å². The van der Waals surface area contributed by atoms with Crippen LogP contribution in [0.25, 0.3) is 22.5 Å². The fourth-order valence-electron chi connectivity index (χ4n) is 5.32. The van der Waals surface area contributed by atoms with Crippen LogP contribution in [-0.4, -0.2) is 32.7 Å². The van der Waals surface area contributed by atoms with E-state index in [0.717, 1.165) is 22.4 Å². The summed E-state index contributed by atoms with van der Waals surface area (Å²) in [4.78, 5) is 13.0. The van der Waals surface area contributed by atoms with Crippen LogP contribution in [0.15, 0.2) is 66.7 Å². The number of para-hydroxylation sites is 1. The Morgan fingerprint density at radius 3 is 2.34 bits per heavy atom. The van der Waals surface area contributed by atoms with Crippen molar-refractivity contribution in [2.24, 2.45) is 11.8 Å². The van der Waals surface area contributed by atoms with Crippen LogP contribution in [-0.2, 0) is 0 Å². The van der Waals surface area contributed by atoms with Crippen LogP contribution in [0.2, 0.25) is 0 Å². The van der Waals surface area contributed by atoms with E-state index in [1.165, 1.54) is 37.8 Å². The molecule has 38 heavy (non-hydrogen) atoms. The highest BCUT2D eigenvalue weighted by molar-refractivity contribution is 6.02. The molecule has 0 saturated heterocycles. The number of aromatic nitrogens is 4. The molecule has 1 aliphatic rings. The number of hydrogen-bond acceptors (Lipinski definition) is 5. The molecule has 1 atom stereocenters. The first kappa shape index (κ1) is 25.4. The number of nitrogens with one attached hydrogen (secondary N) is 4. The first-order valence-corrected chi connectivity index (χ1v) is 13.1. The van der Waals surface area contributed by atoms with Gasteiger partial charge in [-0.15, -0.1) is 5.10 Å². The van der Waals surface area contributed by atoms with Crippen molar-refractivity contribution in [2.75, 3.05) is 16.0 Å². The molecule has 4 aromatic rings. The first-order valence-electron chi connectivity index (χ1n) is 13.1. The van der Waals surface area contributed by atoms with Crippen molar-refractivity contribution in [1.29, 1.82) is 0 Å². The van der Waals surface area contributed by atoms with Gasteiger partial charge in [0.2, 0.25) is 0 Å². The Morgan fingerprint density at radius 2 is 1.63 bits per heavy atom. The minimum atomic E-state index is -0.523. The quantitative estimate of drug-likeness (QED) is 0.204. The van der Waals surface area contributed by atoms with Crippen LogP contribution in [0, 0.1) is 17.7 Å². The second kappa shape index (κ2) is 11.4. The maximum absolute atomic E-state index is 14.2. The summed E-state index contributed by atoms with van der Waals surface area (Å²) in [5.41, 5.74) is 4.17.